The zero-order valence-corrected chi connectivity index (χ0v) is 8.13. The van der Waals surface area contributed by atoms with Crippen molar-refractivity contribution >= 4 is 5.78 Å². The molecule has 0 aromatic carbocycles. The molecule has 0 bridgehead atoms. The summed E-state index contributed by atoms with van der Waals surface area (Å²) >= 11 is 0. The number of hydrogen-bond acceptors (Lipinski definition) is 2. The summed E-state index contributed by atoms with van der Waals surface area (Å²) in [4.78, 5) is 11.0. The van der Waals surface area contributed by atoms with Crippen LogP contribution in [-0.4, -0.2) is 15.6 Å². The summed E-state index contributed by atoms with van der Waals surface area (Å²) in [6, 6.07) is 0. The van der Waals surface area contributed by atoms with Crippen LogP contribution in [0.25, 0.3) is 0 Å². The molecular formula is C10H14N2O. The maximum Gasteiger partial charge on any atom is 0.135 e. The lowest BCUT2D eigenvalue weighted by Gasteiger charge is -2.01. The molecule has 13 heavy (non-hydrogen) atoms. The van der Waals surface area contributed by atoms with Crippen LogP contribution in [0.3, 0.4) is 0 Å². The Morgan fingerprint density at radius 2 is 2.31 bits per heavy atom. The normalized spacial score (nSPS) is 14.6. The first-order valence-electron chi connectivity index (χ1n) is 4.71. The van der Waals surface area contributed by atoms with Crippen molar-refractivity contribution in [3.05, 3.63) is 17.0 Å². The van der Waals surface area contributed by atoms with Crippen LogP contribution < -0.4 is 0 Å². The molecule has 70 valence electrons. The molecule has 0 fully saturated rings. The van der Waals surface area contributed by atoms with Crippen molar-refractivity contribution in [1.82, 2.24) is 9.78 Å². The summed E-state index contributed by atoms with van der Waals surface area (Å²) in [7, 11) is 1.93. The fourth-order valence-corrected chi connectivity index (χ4v) is 2.04. The van der Waals surface area contributed by atoms with Crippen molar-refractivity contribution in [2.45, 2.75) is 32.6 Å². The molecule has 0 atom stereocenters. The van der Waals surface area contributed by atoms with Gasteiger partial charge >= 0.3 is 0 Å². The maximum atomic E-state index is 11.0. The molecule has 1 heterocycles. The fraction of sp³-hybridized carbons (Fsp3) is 0.600. The zero-order valence-electron chi connectivity index (χ0n) is 8.13. The van der Waals surface area contributed by atoms with Gasteiger partial charge in [0.2, 0.25) is 0 Å². The largest absolute Gasteiger partial charge is 0.300 e. The van der Waals surface area contributed by atoms with E-state index in [1.807, 2.05) is 11.7 Å². The lowest BCUT2D eigenvalue weighted by molar-refractivity contribution is -0.116. The van der Waals surface area contributed by atoms with Gasteiger partial charge in [0.1, 0.15) is 5.78 Å². The molecule has 3 nitrogen and oxygen atoms in total. The van der Waals surface area contributed by atoms with Crippen molar-refractivity contribution < 1.29 is 4.79 Å². The van der Waals surface area contributed by atoms with Gasteiger partial charge in [-0.15, -0.1) is 0 Å². The molecule has 2 rings (SSSR count). The predicted molar refractivity (Wildman–Crippen MR) is 49.6 cm³/mol. The van der Waals surface area contributed by atoms with Crippen LogP contribution in [0, 0.1) is 0 Å². The van der Waals surface area contributed by atoms with Crippen LogP contribution in [0.2, 0.25) is 0 Å². The Labute approximate surface area is 77.7 Å². The van der Waals surface area contributed by atoms with E-state index in [4.69, 9.17) is 0 Å². The smallest absolute Gasteiger partial charge is 0.135 e. The van der Waals surface area contributed by atoms with Gasteiger partial charge in [0.15, 0.2) is 0 Å². The third-order valence-electron chi connectivity index (χ3n) is 2.61. The topological polar surface area (TPSA) is 34.9 Å². The predicted octanol–water partition coefficient (Wildman–Crippen LogP) is 1.04. The standard InChI is InChI=1S/C10H14N2O/c1-7(13)6-10-8-4-3-5-9(8)11-12(10)2/h3-6H2,1-2H3. The summed E-state index contributed by atoms with van der Waals surface area (Å²) < 4.78 is 1.87. The van der Waals surface area contributed by atoms with E-state index in [0.717, 1.165) is 18.5 Å². The lowest BCUT2D eigenvalue weighted by Crippen LogP contribution is -2.06. The van der Waals surface area contributed by atoms with E-state index >= 15 is 0 Å². The first-order valence-corrected chi connectivity index (χ1v) is 4.71. The zero-order chi connectivity index (χ0) is 9.42. The highest BCUT2D eigenvalue weighted by molar-refractivity contribution is 5.78. The van der Waals surface area contributed by atoms with Crippen molar-refractivity contribution in [3.63, 3.8) is 0 Å². The number of ketones is 1. The maximum absolute atomic E-state index is 11.0. The van der Waals surface area contributed by atoms with E-state index in [2.05, 4.69) is 5.10 Å². The quantitative estimate of drug-likeness (QED) is 0.678. The van der Waals surface area contributed by atoms with E-state index in [1.54, 1.807) is 6.92 Å². The molecule has 0 saturated heterocycles. The van der Waals surface area contributed by atoms with Gasteiger partial charge in [-0.25, -0.2) is 0 Å². The Kier molecular flexibility index (Phi) is 1.94. The van der Waals surface area contributed by atoms with Gasteiger partial charge in [-0.3, -0.25) is 9.48 Å². The van der Waals surface area contributed by atoms with Gasteiger partial charge in [0.25, 0.3) is 0 Å². The van der Waals surface area contributed by atoms with Gasteiger partial charge in [-0.1, -0.05) is 0 Å². The molecule has 3 heteroatoms. The number of carbonyl (C=O) groups is 1. The minimum absolute atomic E-state index is 0.220. The molecule has 0 N–H and O–H groups in total. The molecule has 0 aliphatic heterocycles. The van der Waals surface area contributed by atoms with Crippen molar-refractivity contribution in [2.75, 3.05) is 0 Å². The Hall–Kier alpha value is -1.12. The van der Waals surface area contributed by atoms with Crippen LogP contribution in [-0.2, 0) is 31.1 Å². The van der Waals surface area contributed by atoms with E-state index in [1.165, 1.54) is 17.7 Å². The molecule has 0 spiro atoms. The number of Topliss-reactive ketones (excluding diaryl/α,β-unsaturated/α-hetero) is 1. The van der Waals surface area contributed by atoms with Crippen LogP contribution in [0.15, 0.2) is 0 Å². The van der Waals surface area contributed by atoms with E-state index in [9.17, 15) is 4.79 Å². The van der Waals surface area contributed by atoms with Gasteiger partial charge in [-0.2, -0.15) is 5.10 Å². The SMILES string of the molecule is CC(=O)Cc1c2c(nn1C)CCC2. The van der Waals surface area contributed by atoms with Crippen LogP contribution in [0.1, 0.15) is 30.3 Å². The van der Waals surface area contributed by atoms with E-state index in [0.29, 0.717) is 6.42 Å². The van der Waals surface area contributed by atoms with Crippen LogP contribution in [0.5, 0.6) is 0 Å². The van der Waals surface area contributed by atoms with Crippen molar-refractivity contribution in [3.8, 4) is 0 Å². The van der Waals surface area contributed by atoms with E-state index in [-0.39, 0.29) is 5.78 Å². The third kappa shape index (κ3) is 1.39. The number of hydrogen-bond donors (Lipinski definition) is 0. The van der Waals surface area contributed by atoms with Gasteiger partial charge < -0.3 is 0 Å². The second-order valence-corrected chi connectivity index (χ2v) is 3.73. The highest BCUT2D eigenvalue weighted by atomic mass is 16.1. The average Bonchev–Trinajstić information content (AvgIpc) is 2.55. The summed E-state index contributed by atoms with van der Waals surface area (Å²) in [6.07, 6.45) is 3.93. The number of aryl methyl sites for hydroxylation is 2. The monoisotopic (exact) mass is 178 g/mol. The summed E-state index contributed by atoms with van der Waals surface area (Å²) in [5, 5.41) is 4.41. The Bertz CT molecular complexity index is 352. The number of rotatable bonds is 2. The van der Waals surface area contributed by atoms with Crippen LogP contribution in [0.4, 0.5) is 0 Å². The van der Waals surface area contributed by atoms with E-state index < -0.39 is 0 Å². The third-order valence-corrected chi connectivity index (χ3v) is 2.61. The molecule has 1 aliphatic carbocycles. The number of aromatic nitrogens is 2. The summed E-state index contributed by atoms with van der Waals surface area (Å²) in [5.74, 6) is 0.220. The molecule has 0 saturated carbocycles. The Morgan fingerprint density at radius 1 is 1.54 bits per heavy atom. The second-order valence-electron chi connectivity index (χ2n) is 3.73. The summed E-state index contributed by atoms with van der Waals surface area (Å²) in [6.45, 7) is 1.63. The van der Waals surface area contributed by atoms with Crippen molar-refractivity contribution in [2.24, 2.45) is 7.05 Å². The molecule has 0 unspecified atom stereocenters. The molecule has 1 aromatic heterocycles. The first-order chi connectivity index (χ1) is 6.18. The first kappa shape index (κ1) is 8.48. The molecular weight excluding hydrogens is 164 g/mol. The Balaban J connectivity index is 2.38. The lowest BCUT2D eigenvalue weighted by atomic mass is 10.1. The van der Waals surface area contributed by atoms with Gasteiger partial charge in [0, 0.05) is 19.2 Å². The van der Waals surface area contributed by atoms with Gasteiger partial charge in [0.05, 0.1) is 5.69 Å². The second kappa shape index (κ2) is 2.98. The number of carbonyl (C=O) groups excluding carboxylic acids is 1. The number of fused-ring (bicyclic) bond motifs is 1. The molecule has 0 amide bonds. The van der Waals surface area contributed by atoms with Gasteiger partial charge in [-0.05, 0) is 31.7 Å². The average molecular weight is 178 g/mol. The number of nitrogens with zero attached hydrogens (tertiary/aromatic N) is 2. The minimum Gasteiger partial charge on any atom is -0.300 e. The highest BCUT2D eigenvalue weighted by Gasteiger charge is 2.20. The Morgan fingerprint density at radius 3 is 3.00 bits per heavy atom. The summed E-state index contributed by atoms with van der Waals surface area (Å²) in [5.41, 5.74) is 3.66. The van der Waals surface area contributed by atoms with Crippen LogP contribution >= 0.6 is 0 Å². The molecule has 0 radical (unpaired) electrons. The molecule has 1 aromatic rings. The van der Waals surface area contributed by atoms with Crippen molar-refractivity contribution in [1.29, 1.82) is 0 Å². The molecule has 1 aliphatic rings. The highest BCUT2D eigenvalue weighted by Crippen LogP contribution is 2.24. The fourth-order valence-electron chi connectivity index (χ4n) is 2.04. The minimum atomic E-state index is 0.220.